The topological polar surface area (TPSA) is 114 Å². The standard InChI is InChI=1S/C31H51N5O3S/c1-5-6-7-8-9-10-11-12-13-14-15-28-33-29(37)31(34-28)17-19-36(20-18-31)40(39)21-16-27-24(2)22-26(23-25(27)3)35(4)30(32)38/h22-23H,5-21H2,1-4H3,(H2,32,38)(H,33,34,37)/t40-/m1/s1. The minimum atomic E-state index is -1.13. The molecule has 1 spiro atoms. The molecule has 40 heavy (non-hydrogen) atoms. The van der Waals surface area contributed by atoms with E-state index >= 15 is 0 Å². The third-order valence-electron chi connectivity index (χ3n) is 8.56. The Morgan fingerprint density at radius 2 is 1.57 bits per heavy atom. The SMILES string of the molecule is CCCCCCCCCCCCC1=NC2(CCN([S@+]([O-])CCc3c(C)cc(N(C)C(N)=O)cc3C)CC2)C(=O)N1. The van der Waals surface area contributed by atoms with Crippen molar-refractivity contribution in [3.8, 4) is 0 Å². The van der Waals surface area contributed by atoms with Crippen molar-refractivity contribution in [2.24, 2.45) is 10.7 Å². The fraction of sp³-hybridized carbons (Fsp3) is 0.710. The highest BCUT2D eigenvalue weighted by Gasteiger charge is 2.47. The number of amidine groups is 1. The smallest absolute Gasteiger partial charge is 0.318 e. The van der Waals surface area contributed by atoms with Crippen LogP contribution in [0, 0.1) is 13.8 Å². The van der Waals surface area contributed by atoms with Crippen molar-refractivity contribution in [1.82, 2.24) is 9.62 Å². The monoisotopic (exact) mass is 573 g/mol. The molecule has 1 atom stereocenters. The minimum Gasteiger partial charge on any atom is -0.598 e. The third-order valence-corrected chi connectivity index (χ3v) is 10.1. The number of benzene rings is 1. The maximum atomic E-state index is 13.2. The molecular formula is C31H51N5O3S. The lowest BCUT2D eigenvalue weighted by atomic mass is 9.89. The number of unbranched alkanes of at least 4 members (excludes halogenated alkanes) is 9. The molecule has 9 heteroatoms. The van der Waals surface area contributed by atoms with E-state index < -0.39 is 22.9 Å². The van der Waals surface area contributed by atoms with Gasteiger partial charge in [0.2, 0.25) is 0 Å². The number of hydrogen-bond acceptors (Lipinski definition) is 5. The van der Waals surface area contributed by atoms with Gasteiger partial charge in [-0.15, -0.1) is 4.31 Å². The van der Waals surface area contributed by atoms with Crippen LogP contribution in [-0.4, -0.2) is 58.1 Å². The highest BCUT2D eigenvalue weighted by atomic mass is 32.2. The highest BCUT2D eigenvalue weighted by molar-refractivity contribution is 7.89. The van der Waals surface area contributed by atoms with Crippen LogP contribution in [0.3, 0.4) is 0 Å². The number of primary amides is 1. The molecule has 0 saturated carbocycles. The Labute approximate surface area is 244 Å². The summed E-state index contributed by atoms with van der Waals surface area (Å²) in [6.07, 6.45) is 15.7. The van der Waals surface area contributed by atoms with E-state index in [1.165, 1.54) is 62.7 Å². The number of hydrogen-bond donors (Lipinski definition) is 2. The van der Waals surface area contributed by atoms with E-state index in [9.17, 15) is 14.1 Å². The van der Waals surface area contributed by atoms with Gasteiger partial charge < -0.3 is 15.6 Å². The zero-order valence-electron chi connectivity index (χ0n) is 25.2. The fourth-order valence-corrected chi connectivity index (χ4v) is 7.11. The van der Waals surface area contributed by atoms with E-state index in [-0.39, 0.29) is 5.91 Å². The van der Waals surface area contributed by atoms with Crippen molar-refractivity contribution in [3.05, 3.63) is 28.8 Å². The lowest BCUT2D eigenvalue weighted by Crippen LogP contribution is -2.50. The van der Waals surface area contributed by atoms with Gasteiger partial charge in [0, 0.05) is 50.0 Å². The Balaban J connectivity index is 1.40. The van der Waals surface area contributed by atoms with E-state index in [1.807, 2.05) is 30.3 Å². The molecule has 1 fully saturated rings. The molecule has 2 aliphatic rings. The van der Waals surface area contributed by atoms with E-state index in [0.717, 1.165) is 41.1 Å². The van der Waals surface area contributed by atoms with Gasteiger partial charge in [-0.05, 0) is 61.9 Å². The first-order valence-corrected chi connectivity index (χ1v) is 16.6. The van der Waals surface area contributed by atoms with Crippen LogP contribution in [0.2, 0.25) is 0 Å². The van der Waals surface area contributed by atoms with Crippen LogP contribution in [0.15, 0.2) is 17.1 Å². The normalized spacial score (nSPS) is 17.6. The first kappa shape index (κ1) is 32.4. The minimum absolute atomic E-state index is 0.0206. The number of nitrogens with one attached hydrogen (secondary N) is 1. The van der Waals surface area contributed by atoms with Gasteiger partial charge in [-0.2, -0.15) is 0 Å². The number of anilines is 1. The van der Waals surface area contributed by atoms with E-state index in [0.29, 0.717) is 38.1 Å². The molecule has 2 heterocycles. The van der Waals surface area contributed by atoms with Gasteiger partial charge >= 0.3 is 6.03 Å². The number of carbonyl (C=O) groups is 2. The van der Waals surface area contributed by atoms with Crippen molar-refractivity contribution >= 4 is 34.8 Å². The molecule has 0 unspecified atom stereocenters. The largest absolute Gasteiger partial charge is 0.598 e. The quantitative estimate of drug-likeness (QED) is 0.195. The second kappa shape index (κ2) is 15.8. The molecule has 3 rings (SSSR count). The molecule has 1 aromatic rings. The predicted octanol–water partition coefficient (Wildman–Crippen LogP) is 5.70. The molecule has 3 amide bonds. The predicted molar refractivity (Wildman–Crippen MR) is 166 cm³/mol. The van der Waals surface area contributed by atoms with Gasteiger partial charge in [0.15, 0.2) is 0 Å². The zero-order valence-corrected chi connectivity index (χ0v) is 26.0. The van der Waals surface area contributed by atoms with Gasteiger partial charge in [0.1, 0.15) is 17.1 Å². The van der Waals surface area contributed by atoms with Gasteiger partial charge in [-0.25, -0.2) is 4.79 Å². The molecule has 224 valence electrons. The maximum Gasteiger partial charge on any atom is 0.318 e. The average Bonchev–Trinajstić information content (AvgIpc) is 3.22. The molecule has 3 N–H and O–H groups in total. The van der Waals surface area contributed by atoms with Gasteiger partial charge in [-0.1, -0.05) is 64.7 Å². The molecule has 2 aliphatic heterocycles. The van der Waals surface area contributed by atoms with Crippen LogP contribution in [0.1, 0.15) is 107 Å². The number of nitrogens with zero attached hydrogens (tertiary/aromatic N) is 3. The average molecular weight is 574 g/mol. The number of rotatable bonds is 16. The first-order valence-electron chi connectivity index (χ1n) is 15.3. The Hall–Kier alpha value is -2.10. The summed E-state index contributed by atoms with van der Waals surface area (Å²) < 4.78 is 15.1. The Bertz CT molecular complexity index is 999. The fourth-order valence-electron chi connectivity index (χ4n) is 5.89. The van der Waals surface area contributed by atoms with E-state index in [1.54, 1.807) is 7.05 Å². The van der Waals surface area contributed by atoms with Crippen molar-refractivity contribution < 1.29 is 14.1 Å². The van der Waals surface area contributed by atoms with Crippen molar-refractivity contribution in [2.45, 2.75) is 116 Å². The molecule has 1 saturated heterocycles. The van der Waals surface area contributed by atoms with Crippen LogP contribution in [-0.2, 0) is 22.6 Å². The molecule has 0 aromatic heterocycles. The second-order valence-electron chi connectivity index (χ2n) is 11.6. The maximum absolute atomic E-state index is 13.2. The summed E-state index contributed by atoms with van der Waals surface area (Å²) in [5, 5.41) is 3.05. The lowest BCUT2D eigenvalue weighted by Gasteiger charge is -2.35. The summed E-state index contributed by atoms with van der Waals surface area (Å²) in [7, 11) is 1.66. The van der Waals surface area contributed by atoms with E-state index in [2.05, 4.69) is 12.2 Å². The number of carbonyl (C=O) groups excluding carboxylic acids is 2. The first-order chi connectivity index (χ1) is 19.2. The molecule has 0 aliphatic carbocycles. The number of urea groups is 1. The van der Waals surface area contributed by atoms with Crippen molar-refractivity contribution in [2.75, 3.05) is 30.8 Å². The molecular weight excluding hydrogens is 522 g/mol. The van der Waals surface area contributed by atoms with Crippen molar-refractivity contribution in [1.29, 1.82) is 0 Å². The van der Waals surface area contributed by atoms with Crippen LogP contribution in [0.4, 0.5) is 10.5 Å². The molecule has 0 bridgehead atoms. The molecule has 0 radical (unpaired) electrons. The van der Waals surface area contributed by atoms with Gasteiger partial charge in [-0.3, -0.25) is 14.7 Å². The van der Waals surface area contributed by atoms with Gasteiger partial charge in [0.25, 0.3) is 5.91 Å². The second-order valence-corrected chi connectivity index (χ2v) is 13.2. The number of amides is 3. The Morgan fingerprint density at radius 1 is 1.02 bits per heavy atom. The summed E-state index contributed by atoms with van der Waals surface area (Å²) in [5.41, 5.74) is 8.77. The van der Waals surface area contributed by atoms with E-state index in [4.69, 9.17) is 10.7 Å². The van der Waals surface area contributed by atoms with Crippen LogP contribution >= 0.6 is 0 Å². The number of aliphatic imine (C=N–C) groups is 1. The number of piperidine rings is 1. The number of nitrogens with two attached hydrogens (primary N) is 1. The van der Waals surface area contributed by atoms with Crippen molar-refractivity contribution in [3.63, 3.8) is 0 Å². The summed E-state index contributed by atoms with van der Waals surface area (Å²) >= 11 is -1.13. The highest BCUT2D eigenvalue weighted by Crippen LogP contribution is 2.32. The zero-order chi connectivity index (χ0) is 29.1. The summed E-state index contributed by atoms with van der Waals surface area (Å²) in [5.74, 6) is 1.39. The van der Waals surface area contributed by atoms with Crippen LogP contribution < -0.4 is 16.0 Å². The number of aryl methyl sites for hydroxylation is 2. The molecule has 8 nitrogen and oxygen atoms in total. The lowest BCUT2D eigenvalue weighted by molar-refractivity contribution is -0.124. The summed E-state index contributed by atoms with van der Waals surface area (Å²) in [4.78, 5) is 30.7. The Morgan fingerprint density at radius 3 is 2.12 bits per heavy atom. The Kier molecular flexibility index (Phi) is 12.8. The third kappa shape index (κ3) is 8.95. The van der Waals surface area contributed by atoms with Crippen LogP contribution in [0.5, 0.6) is 0 Å². The molecule has 1 aromatic carbocycles. The van der Waals surface area contributed by atoms with Gasteiger partial charge in [0.05, 0.1) is 0 Å². The summed E-state index contributed by atoms with van der Waals surface area (Å²) in [6, 6.07) is 3.40. The summed E-state index contributed by atoms with van der Waals surface area (Å²) in [6.45, 7) is 7.49. The van der Waals surface area contributed by atoms with Crippen LogP contribution in [0.25, 0.3) is 0 Å².